The Labute approximate surface area is 144 Å². The highest BCUT2D eigenvalue weighted by atomic mass is 32.2. The van der Waals surface area contributed by atoms with Crippen molar-refractivity contribution in [3.63, 3.8) is 0 Å². The zero-order valence-electron chi connectivity index (χ0n) is 13.7. The molecule has 0 aromatic heterocycles. The summed E-state index contributed by atoms with van der Waals surface area (Å²) in [7, 11) is 1.65. The number of benzene rings is 1. The van der Waals surface area contributed by atoms with E-state index in [-0.39, 0.29) is 5.12 Å². The van der Waals surface area contributed by atoms with Gasteiger partial charge in [0.05, 0.1) is 7.11 Å². The van der Waals surface area contributed by atoms with E-state index in [1.807, 2.05) is 37.3 Å². The Balaban J connectivity index is 2.59. The maximum atomic E-state index is 12.3. The topological polar surface area (TPSA) is 26.3 Å². The predicted molar refractivity (Wildman–Crippen MR) is 101 cm³/mol. The van der Waals surface area contributed by atoms with Gasteiger partial charge in [0.25, 0.3) is 0 Å². The first-order valence-electron chi connectivity index (χ1n) is 7.74. The smallest absolute Gasteiger partial charge is 0.215 e. The third kappa shape index (κ3) is 6.93. The largest absolute Gasteiger partial charge is 0.497 e. The Bertz CT molecular complexity index is 480. The fourth-order valence-electron chi connectivity index (χ4n) is 2.06. The van der Waals surface area contributed by atoms with Gasteiger partial charge >= 0.3 is 0 Å². The van der Waals surface area contributed by atoms with E-state index in [2.05, 4.69) is 19.6 Å². The minimum atomic E-state index is 0.145. The minimum absolute atomic E-state index is 0.145. The molecule has 0 aliphatic rings. The lowest BCUT2D eigenvalue weighted by molar-refractivity contribution is -0.107. The summed E-state index contributed by atoms with van der Waals surface area (Å²) in [6.07, 6.45) is 6.58. The van der Waals surface area contributed by atoms with Crippen LogP contribution in [0.25, 0.3) is 6.08 Å². The van der Waals surface area contributed by atoms with E-state index in [1.54, 1.807) is 7.11 Å². The van der Waals surface area contributed by atoms with Crippen molar-refractivity contribution in [2.45, 2.75) is 44.8 Å². The van der Waals surface area contributed by atoms with Gasteiger partial charge in [0, 0.05) is 16.6 Å². The molecule has 122 valence electrons. The van der Waals surface area contributed by atoms with Gasteiger partial charge in [0.2, 0.25) is 5.12 Å². The molecule has 0 saturated heterocycles. The van der Waals surface area contributed by atoms with Gasteiger partial charge in [-0.15, -0.1) is 0 Å². The highest BCUT2D eigenvalue weighted by molar-refractivity contribution is 8.15. The van der Waals surface area contributed by atoms with Gasteiger partial charge in [-0.05, 0) is 37.1 Å². The lowest BCUT2D eigenvalue weighted by Crippen LogP contribution is -2.09. The molecule has 4 heteroatoms. The summed E-state index contributed by atoms with van der Waals surface area (Å²) < 4.78 is 5.14. The van der Waals surface area contributed by atoms with Crippen molar-refractivity contribution in [2.75, 3.05) is 12.9 Å². The highest BCUT2D eigenvalue weighted by Gasteiger charge is 2.14. The number of rotatable bonds is 9. The molecule has 0 amide bonds. The third-order valence-corrected chi connectivity index (χ3v) is 5.39. The molecule has 0 fully saturated rings. The van der Waals surface area contributed by atoms with E-state index < -0.39 is 0 Å². The number of thioether (sulfide) groups is 1. The SMILES string of the molecule is CCCCCC(CS)SC(=O)/C(C)=C/c1ccc(OC)cc1. The van der Waals surface area contributed by atoms with Gasteiger partial charge in [0.1, 0.15) is 5.75 Å². The van der Waals surface area contributed by atoms with Crippen LogP contribution < -0.4 is 4.74 Å². The summed E-state index contributed by atoms with van der Waals surface area (Å²) in [5.41, 5.74) is 1.79. The van der Waals surface area contributed by atoms with Crippen LogP contribution in [0.5, 0.6) is 5.75 Å². The van der Waals surface area contributed by atoms with Gasteiger partial charge < -0.3 is 4.74 Å². The molecule has 1 rings (SSSR count). The van der Waals surface area contributed by atoms with Crippen molar-refractivity contribution in [1.82, 2.24) is 0 Å². The average molecular weight is 339 g/mol. The quantitative estimate of drug-likeness (QED) is 0.379. The molecule has 0 aliphatic heterocycles. The highest BCUT2D eigenvalue weighted by Crippen LogP contribution is 2.24. The van der Waals surface area contributed by atoms with E-state index in [1.165, 1.54) is 31.0 Å². The summed E-state index contributed by atoms with van der Waals surface area (Å²) in [5, 5.41) is 0.452. The average Bonchev–Trinajstić information content (AvgIpc) is 2.54. The molecule has 0 saturated carbocycles. The van der Waals surface area contributed by atoms with Crippen LogP contribution in [-0.4, -0.2) is 23.2 Å². The van der Waals surface area contributed by atoms with Crippen LogP contribution in [0.4, 0.5) is 0 Å². The van der Waals surface area contributed by atoms with Crippen molar-refractivity contribution in [3.8, 4) is 5.75 Å². The summed E-state index contributed by atoms with van der Waals surface area (Å²) in [4.78, 5) is 12.3. The molecular formula is C18H26O2S2. The van der Waals surface area contributed by atoms with Gasteiger partial charge in [0.15, 0.2) is 0 Å². The van der Waals surface area contributed by atoms with Crippen LogP contribution in [0.2, 0.25) is 0 Å². The number of ether oxygens (including phenoxy) is 1. The zero-order chi connectivity index (χ0) is 16.4. The Morgan fingerprint density at radius 1 is 1.32 bits per heavy atom. The Morgan fingerprint density at radius 3 is 2.55 bits per heavy atom. The number of carbonyl (C=O) groups excluding carboxylic acids is 1. The number of hydrogen-bond acceptors (Lipinski definition) is 4. The molecule has 0 bridgehead atoms. The first kappa shape index (κ1) is 19.2. The molecule has 0 spiro atoms. The van der Waals surface area contributed by atoms with Crippen LogP contribution in [0.1, 0.15) is 45.1 Å². The molecule has 22 heavy (non-hydrogen) atoms. The van der Waals surface area contributed by atoms with E-state index in [0.29, 0.717) is 5.25 Å². The van der Waals surface area contributed by atoms with Crippen molar-refractivity contribution in [3.05, 3.63) is 35.4 Å². The minimum Gasteiger partial charge on any atom is -0.497 e. The Kier molecular flexibility index (Phi) is 9.41. The normalized spacial score (nSPS) is 13.0. The van der Waals surface area contributed by atoms with Gasteiger partial charge in [-0.25, -0.2) is 0 Å². The monoisotopic (exact) mass is 338 g/mol. The maximum absolute atomic E-state index is 12.3. The molecule has 0 N–H and O–H groups in total. The number of methoxy groups -OCH3 is 1. The molecule has 2 nitrogen and oxygen atoms in total. The maximum Gasteiger partial charge on any atom is 0.215 e. The summed E-state index contributed by atoms with van der Waals surface area (Å²) in [5.74, 6) is 1.57. The van der Waals surface area contributed by atoms with Crippen LogP contribution in [0.15, 0.2) is 29.8 Å². The van der Waals surface area contributed by atoms with Crippen LogP contribution >= 0.6 is 24.4 Å². The van der Waals surface area contributed by atoms with E-state index in [0.717, 1.165) is 29.1 Å². The second-order valence-electron chi connectivity index (χ2n) is 5.31. The predicted octanol–water partition coefficient (Wildman–Crippen LogP) is 5.24. The van der Waals surface area contributed by atoms with Gasteiger partial charge in [-0.1, -0.05) is 50.1 Å². The van der Waals surface area contributed by atoms with E-state index in [9.17, 15) is 4.79 Å². The Hall–Kier alpha value is -0.870. The zero-order valence-corrected chi connectivity index (χ0v) is 15.4. The molecule has 1 aromatic rings. The van der Waals surface area contributed by atoms with Crippen molar-refractivity contribution in [2.24, 2.45) is 0 Å². The van der Waals surface area contributed by atoms with Crippen LogP contribution in [-0.2, 0) is 4.79 Å². The summed E-state index contributed by atoms with van der Waals surface area (Å²) >= 11 is 5.80. The second-order valence-corrected chi connectivity index (χ2v) is 6.94. The molecular weight excluding hydrogens is 312 g/mol. The van der Waals surface area contributed by atoms with E-state index >= 15 is 0 Å². The second kappa shape index (κ2) is 10.8. The lowest BCUT2D eigenvalue weighted by atomic mass is 10.1. The number of unbranched alkanes of at least 4 members (excludes halogenated alkanes) is 2. The van der Waals surface area contributed by atoms with Crippen molar-refractivity contribution >= 4 is 35.6 Å². The standard InChI is InChI=1S/C18H26O2S2/c1-4-5-6-7-17(13-21)22-18(19)14(2)12-15-8-10-16(20-3)11-9-15/h8-12,17,21H,4-7,13H2,1-3H3/b14-12+. The number of thiol groups is 1. The number of hydrogen-bond donors (Lipinski definition) is 1. The van der Waals surface area contributed by atoms with Crippen molar-refractivity contribution in [1.29, 1.82) is 0 Å². The van der Waals surface area contributed by atoms with Gasteiger partial charge in [-0.3, -0.25) is 4.79 Å². The summed E-state index contributed by atoms with van der Waals surface area (Å²) in [6.45, 7) is 4.07. The molecule has 1 aromatic carbocycles. The fourth-order valence-corrected chi connectivity index (χ4v) is 3.38. The van der Waals surface area contributed by atoms with Gasteiger partial charge in [-0.2, -0.15) is 12.6 Å². The number of carbonyl (C=O) groups is 1. The fraction of sp³-hybridized carbons (Fsp3) is 0.500. The van der Waals surface area contributed by atoms with Crippen molar-refractivity contribution < 1.29 is 9.53 Å². The molecule has 0 heterocycles. The van der Waals surface area contributed by atoms with Crippen LogP contribution in [0, 0.1) is 0 Å². The summed E-state index contributed by atoms with van der Waals surface area (Å²) in [6, 6.07) is 7.71. The van der Waals surface area contributed by atoms with Crippen LogP contribution in [0.3, 0.4) is 0 Å². The van der Waals surface area contributed by atoms with E-state index in [4.69, 9.17) is 4.74 Å². The first-order chi connectivity index (χ1) is 10.6. The Morgan fingerprint density at radius 2 is 2.00 bits per heavy atom. The first-order valence-corrected chi connectivity index (χ1v) is 9.26. The lowest BCUT2D eigenvalue weighted by Gasteiger charge is -2.12. The molecule has 0 radical (unpaired) electrons. The molecule has 1 atom stereocenters. The molecule has 1 unspecified atom stereocenters. The molecule has 0 aliphatic carbocycles. The third-order valence-electron chi connectivity index (χ3n) is 3.43.